The summed E-state index contributed by atoms with van der Waals surface area (Å²) in [4.78, 5) is 17.2. The molecule has 2 heterocycles. The van der Waals surface area contributed by atoms with Gasteiger partial charge in [0.1, 0.15) is 0 Å². The highest BCUT2D eigenvalue weighted by molar-refractivity contribution is 5.24. The summed E-state index contributed by atoms with van der Waals surface area (Å²) in [5.41, 5.74) is 0.889. The SMILES string of the molecule is O=c1[nH]c(C(F)(F)F)nc2c1CNC(Cc1ccccc1)C2. The molecule has 4 nitrogen and oxygen atoms in total. The Bertz CT molecular complexity index is 725. The van der Waals surface area contributed by atoms with Gasteiger partial charge in [0.15, 0.2) is 0 Å². The summed E-state index contributed by atoms with van der Waals surface area (Å²) in [5, 5.41) is 3.18. The Balaban J connectivity index is 1.85. The molecule has 2 aromatic rings. The highest BCUT2D eigenvalue weighted by Crippen LogP contribution is 2.26. The summed E-state index contributed by atoms with van der Waals surface area (Å²) in [6.45, 7) is 0.229. The Kier molecular flexibility index (Phi) is 3.74. The smallest absolute Gasteiger partial charge is 0.309 e. The van der Waals surface area contributed by atoms with Crippen molar-refractivity contribution in [3.63, 3.8) is 0 Å². The minimum atomic E-state index is -4.64. The highest BCUT2D eigenvalue weighted by atomic mass is 19.4. The first kappa shape index (κ1) is 14.8. The van der Waals surface area contributed by atoms with Crippen molar-refractivity contribution in [1.82, 2.24) is 15.3 Å². The van der Waals surface area contributed by atoms with Crippen LogP contribution in [0.4, 0.5) is 13.2 Å². The summed E-state index contributed by atoms with van der Waals surface area (Å²) in [6.07, 6.45) is -3.67. The van der Waals surface area contributed by atoms with E-state index in [1.807, 2.05) is 35.3 Å². The summed E-state index contributed by atoms with van der Waals surface area (Å²) in [7, 11) is 0. The molecule has 2 N–H and O–H groups in total. The number of fused-ring (bicyclic) bond motifs is 1. The number of hydrogen-bond acceptors (Lipinski definition) is 3. The second-order valence-corrected chi connectivity index (χ2v) is 5.31. The minimum Gasteiger partial charge on any atom is -0.309 e. The van der Waals surface area contributed by atoms with Crippen molar-refractivity contribution in [3.8, 4) is 0 Å². The van der Waals surface area contributed by atoms with Gasteiger partial charge in [-0.25, -0.2) is 4.98 Å². The molecule has 1 aliphatic heterocycles. The van der Waals surface area contributed by atoms with Crippen LogP contribution in [0.3, 0.4) is 0 Å². The molecule has 1 unspecified atom stereocenters. The topological polar surface area (TPSA) is 57.8 Å². The van der Waals surface area contributed by atoms with Gasteiger partial charge in [-0.15, -0.1) is 0 Å². The van der Waals surface area contributed by atoms with Crippen LogP contribution >= 0.6 is 0 Å². The van der Waals surface area contributed by atoms with Crippen LogP contribution in [0.25, 0.3) is 0 Å². The van der Waals surface area contributed by atoms with Crippen LogP contribution in [0.2, 0.25) is 0 Å². The molecule has 116 valence electrons. The molecular formula is C15H14F3N3O. The van der Waals surface area contributed by atoms with Gasteiger partial charge in [0, 0.05) is 19.0 Å². The summed E-state index contributed by atoms with van der Waals surface area (Å²) < 4.78 is 38.2. The molecule has 0 spiro atoms. The van der Waals surface area contributed by atoms with Crippen LogP contribution < -0.4 is 10.9 Å². The number of aromatic nitrogens is 2. The molecule has 7 heteroatoms. The van der Waals surface area contributed by atoms with Crippen molar-refractivity contribution in [2.24, 2.45) is 0 Å². The number of rotatable bonds is 2. The van der Waals surface area contributed by atoms with Crippen molar-refractivity contribution >= 4 is 0 Å². The Labute approximate surface area is 124 Å². The second-order valence-electron chi connectivity index (χ2n) is 5.31. The Morgan fingerprint density at radius 1 is 1.23 bits per heavy atom. The fraction of sp³-hybridized carbons (Fsp3) is 0.333. The lowest BCUT2D eigenvalue weighted by Crippen LogP contribution is -2.41. The van der Waals surface area contributed by atoms with Gasteiger partial charge in [-0.3, -0.25) is 4.79 Å². The summed E-state index contributed by atoms with van der Waals surface area (Å²) >= 11 is 0. The molecule has 22 heavy (non-hydrogen) atoms. The number of nitrogens with one attached hydrogen (secondary N) is 2. The number of nitrogens with zero attached hydrogens (tertiary/aromatic N) is 1. The third-order valence-electron chi connectivity index (χ3n) is 3.70. The number of hydrogen-bond donors (Lipinski definition) is 2. The summed E-state index contributed by atoms with van der Waals surface area (Å²) in [6, 6.07) is 9.62. The molecule has 1 atom stereocenters. The van der Waals surface area contributed by atoms with Crippen molar-refractivity contribution in [2.75, 3.05) is 0 Å². The van der Waals surface area contributed by atoms with E-state index < -0.39 is 17.6 Å². The number of alkyl halides is 3. The molecule has 1 aromatic heterocycles. The molecule has 0 fully saturated rings. The lowest BCUT2D eigenvalue weighted by molar-refractivity contribution is -0.145. The van der Waals surface area contributed by atoms with Gasteiger partial charge >= 0.3 is 6.18 Å². The van der Waals surface area contributed by atoms with Gasteiger partial charge in [-0.2, -0.15) is 13.2 Å². The predicted molar refractivity (Wildman–Crippen MR) is 74.3 cm³/mol. The first-order valence-corrected chi connectivity index (χ1v) is 6.90. The van der Waals surface area contributed by atoms with Gasteiger partial charge in [0.05, 0.1) is 11.3 Å². The van der Waals surface area contributed by atoms with E-state index in [2.05, 4.69) is 10.3 Å². The normalized spacial score (nSPS) is 18.0. The zero-order valence-corrected chi connectivity index (χ0v) is 11.6. The highest BCUT2D eigenvalue weighted by Gasteiger charge is 2.36. The number of halogens is 3. The Morgan fingerprint density at radius 3 is 2.64 bits per heavy atom. The van der Waals surface area contributed by atoms with E-state index >= 15 is 0 Å². The van der Waals surface area contributed by atoms with E-state index in [1.54, 1.807) is 0 Å². The van der Waals surface area contributed by atoms with Crippen molar-refractivity contribution in [3.05, 3.63) is 63.3 Å². The van der Waals surface area contributed by atoms with Gasteiger partial charge < -0.3 is 10.3 Å². The predicted octanol–water partition coefficient (Wildman–Crippen LogP) is 2.05. The van der Waals surface area contributed by atoms with E-state index in [0.717, 1.165) is 5.56 Å². The lowest BCUT2D eigenvalue weighted by Gasteiger charge is -2.25. The number of benzene rings is 1. The first-order valence-electron chi connectivity index (χ1n) is 6.90. The molecule has 0 saturated heterocycles. The van der Waals surface area contributed by atoms with Gasteiger partial charge in [0.25, 0.3) is 5.56 Å². The number of H-pyrrole nitrogens is 1. The summed E-state index contributed by atoms with van der Waals surface area (Å²) in [5.74, 6) is -1.23. The molecular weight excluding hydrogens is 295 g/mol. The maximum absolute atomic E-state index is 12.7. The van der Waals surface area contributed by atoms with E-state index in [4.69, 9.17) is 0 Å². The molecule has 0 amide bonds. The third kappa shape index (κ3) is 3.04. The maximum atomic E-state index is 12.7. The molecule has 1 aliphatic rings. The fourth-order valence-electron chi connectivity index (χ4n) is 2.62. The van der Waals surface area contributed by atoms with E-state index in [-0.39, 0.29) is 23.8 Å². The van der Waals surface area contributed by atoms with Crippen LogP contribution in [0.5, 0.6) is 0 Å². The molecule has 0 aliphatic carbocycles. The van der Waals surface area contributed by atoms with Gasteiger partial charge in [-0.1, -0.05) is 30.3 Å². The second kappa shape index (κ2) is 5.57. The quantitative estimate of drug-likeness (QED) is 0.892. The van der Waals surface area contributed by atoms with Gasteiger partial charge in [0.2, 0.25) is 5.82 Å². The Morgan fingerprint density at radius 2 is 1.95 bits per heavy atom. The minimum absolute atomic E-state index is 0.0368. The van der Waals surface area contributed by atoms with Crippen LogP contribution in [-0.4, -0.2) is 16.0 Å². The fourth-order valence-corrected chi connectivity index (χ4v) is 2.62. The molecule has 3 rings (SSSR count). The molecule has 0 bridgehead atoms. The third-order valence-corrected chi connectivity index (χ3v) is 3.70. The van der Waals surface area contributed by atoms with E-state index in [0.29, 0.717) is 12.8 Å². The maximum Gasteiger partial charge on any atom is 0.449 e. The Hall–Kier alpha value is -2.15. The lowest BCUT2D eigenvalue weighted by atomic mass is 9.96. The largest absolute Gasteiger partial charge is 0.449 e. The first-order chi connectivity index (χ1) is 10.4. The molecule has 0 radical (unpaired) electrons. The van der Waals surface area contributed by atoms with Crippen LogP contribution in [0.1, 0.15) is 22.6 Å². The van der Waals surface area contributed by atoms with Crippen LogP contribution in [-0.2, 0) is 25.6 Å². The zero-order valence-electron chi connectivity index (χ0n) is 11.6. The van der Waals surface area contributed by atoms with Crippen molar-refractivity contribution in [1.29, 1.82) is 0 Å². The van der Waals surface area contributed by atoms with Gasteiger partial charge in [-0.05, 0) is 12.0 Å². The monoisotopic (exact) mass is 309 g/mol. The zero-order chi connectivity index (χ0) is 15.7. The molecule has 1 aromatic carbocycles. The average Bonchev–Trinajstić information content (AvgIpc) is 2.47. The van der Waals surface area contributed by atoms with E-state index in [9.17, 15) is 18.0 Å². The number of aromatic amines is 1. The van der Waals surface area contributed by atoms with Crippen molar-refractivity contribution < 1.29 is 13.2 Å². The van der Waals surface area contributed by atoms with Crippen LogP contribution in [0, 0.1) is 0 Å². The molecule has 0 saturated carbocycles. The van der Waals surface area contributed by atoms with Crippen molar-refractivity contribution in [2.45, 2.75) is 31.6 Å². The standard InChI is InChI=1S/C15H14F3N3O/c16-15(17,18)14-20-12-7-10(6-9-4-2-1-3-5-9)19-8-11(12)13(22)21-14/h1-5,10,19H,6-8H2,(H,20,21,22). The van der Waals surface area contributed by atoms with E-state index in [1.165, 1.54) is 0 Å². The van der Waals surface area contributed by atoms with Crippen LogP contribution in [0.15, 0.2) is 35.1 Å². The average molecular weight is 309 g/mol.